The van der Waals surface area contributed by atoms with Crippen molar-refractivity contribution < 1.29 is 103 Å². The molecule has 26 heteroatoms. The summed E-state index contributed by atoms with van der Waals surface area (Å²) in [6.07, 6.45) is -5.43. The van der Waals surface area contributed by atoms with Crippen LogP contribution < -0.4 is 82.8 Å². The van der Waals surface area contributed by atoms with Crippen LogP contribution in [0.1, 0.15) is 158 Å². The zero-order valence-corrected chi connectivity index (χ0v) is 66.9. The number of carbonyl (C=O) groups excluding carboxylic acids is 5. The van der Waals surface area contributed by atoms with Crippen LogP contribution >= 0.6 is 0 Å². The van der Waals surface area contributed by atoms with Gasteiger partial charge >= 0.3 is 12.6 Å². The van der Waals surface area contributed by atoms with E-state index in [0.717, 1.165) is 102 Å². The fraction of sp³-hybridized carbons (Fsp3) is 0.301. The van der Waals surface area contributed by atoms with Gasteiger partial charge in [0.15, 0.2) is 34.5 Å². The number of Topliss-reactive ketones (excluding diaryl/α,β-unsaturated/α-hetero) is 1. The Labute approximate surface area is 685 Å². The van der Waals surface area contributed by atoms with Crippen LogP contribution in [0, 0.1) is 11.8 Å². The molecule has 119 heavy (non-hydrogen) atoms. The minimum atomic E-state index is -3.70. The van der Waals surface area contributed by atoms with E-state index in [0.29, 0.717) is 91.4 Å². The van der Waals surface area contributed by atoms with Gasteiger partial charge in [-0.1, -0.05) is 107 Å². The second-order valence-electron chi connectivity index (χ2n) is 30.1. The summed E-state index contributed by atoms with van der Waals surface area (Å²) < 4.78 is 121. The van der Waals surface area contributed by atoms with E-state index in [-0.39, 0.29) is 102 Å². The molecule has 0 spiro atoms. The Morgan fingerprint density at radius 2 is 0.697 bits per heavy atom. The van der Waals surface area contributed by atoms with Crippen molar-refractivity contribution in [3.63, 3.8) is 0 Å². The summed E-state index contributed by atoms with van der Waals surface area (Å²) in [5.41, 5.74) is 13.2. The molecular weight excluding hydrogens is 1540 g/mol. The third kappa shape index (κ3) is 19.1. The Kier molecular flexibility index (Phi) is 24.8. The van der Waals surface area contributed by atoms with E-state index in [9.17, 15) is 41.5 Å². The van der Waals surface area contributed by atoms with Crippen molar-refractivity contribution in [2.75, 3.05) is 76.3 Å². The molecule has 7 heterocycles. The largest absolute Gasteiger partial charge is 0.586 e. The highest BCUT2D eigenvalue weighted by Crippen LogP contribution is 2.53. The van der Waals surface area contributed by atoms with E-state index in [4.69, 9.17) is 42.6 Å². The maximum Gasteiger partial charge on any atom is 0.586 e. The molecule has 18 rings (SSSR count). The number of fused-ring (bicyclic) bond motifs is 8. The lowest BCUT2D eigenvalue weighted by atomic mass is 9.78. The number of methoxy groups -OCH3 is 4. The van der Waals surface area contributed by atoms with E-state index >= 15 is 0 Å². The minimum Gasteiger partial charge on any atom is -0.497 e. The van der Waals surface area contributed by atoms with E-state index in [1.807, 2.05) is 191 Å². The number of hydrogen-bond donors (Lipinski definition) is 4. The van der Waals surface area contributed by atoms with Gasteiger partial charge in [0, 0.05) is 120 Å². The summed E-state index contributed by atoms with van der Waals surface area (Å²) in [4.78, 5) is 60.6. The third-order valence-electron chi connectivity index (χ3n) is 21.0. The molecule has 5 unspecified atom stereocenters. The van der Waals surface area contributed by atoms with E-state index in [2.05, 4.69) is 54.1 Å². The van der Waals surface area contributed by atoms with Crippen LogP contribution in [0.5, 0.6) is 74.7 Å². The second-order valence-corrected chi connectivity index (χ2v) is 30.1. The Morgan fingerprint density at radius 3 is 1.13 bits per heavy atom. The highest BCUT2D eigenvalue weighted by molar-refractivity contribution is 5.98. The van der Waals surface area contributed by atoms with Gasteiger partial charge in [-0.05, 0) is 166 Å². The molecule has 8 aliphatic rings. The van der Waals surface area contributed by atoms with E-state index < -0.39 is 12.6 Å². The maximum atomic E-state index is 13.4. The molecule has 4 N–H and O–H groups in total. The van der Waals surface area contributed by atoms with Gasteiger partial charge in [0.2, 0.25) is 30.4 Å². The van der Waals surface area contributed by atoms with Crippen molar-refractivity contribution in [3.8, 4) is 74.7 Å². The Bertz CT molecular complexity index is 5430. The van der Waals surface area contributed by atoms with Gasteiger partial charge in [0.1, 0.15) is 46.0 Å². The number of anilines is 4. The molecule has 0 saturated carbocycles. The lowest BCUT2D eigenvalue weighted by molar-refractivity contribution is -0.287. The quantitative estimate of drug-likeness (QED) is 0.0618. The third-order valence-corrected chi connectivity index (χ3v) is 21.0. The average Bonchev–Trinajstić information content (AvgIpc) is 1.69. The first kappa shape index (κ1) is 82.4. The molecule has 0 fully saturated rings. The molecule has 0 radical (unpaired) electrons. The lowest BCUT2D eigenvalue weighted by Gasteiger charge is -2.28. The predicted molar refractivity (Wildman–Crippen MR) is 437 cm³/mol. The SMILES string of the molecule is CC(C)COc1ccccc1C1CC(=O)Nc2cc3c(cc21)OC(F)(F)O3.CCOc1ccccc1C1CC(=O)Cc2cc3c(cc21)OC(F)(F)O3.COc1ccc(C2CC(=O)Nc3cc4c(cc32)OCO4)cc1.COc1ccc(C2CC(=O)Nc3ccc(OC)cc32)cc1.COc1ccc2c(c1)C(c1ccccc1OCC(C)C)CC(=O)N2. The number of ether oxygens (including phenoxy) is 13. The van der Waals surface area contributed by atoms with Gasteiger partial charge in [-0.2, -0.15) is 0 Å². The smallest absolute Gasteiger partial charge is 0.497 e. The van der Waals surface area contributed by atoms with Crippen LogP contribution in [0.3, 0.4) is 0 Å². The number of ketones is 1. The van der Waals surface area contributed by atoms with Crippen LogP contribution in [0.15, 0.2) is 194 Å². The van der Waals surface area contributed by atoms with Crippen molar-refractivity contribution in [2.45, 2.75) is 115 Å². The molecule has 10 aromatic carbocycles. The second kappa shape index (κ2) is 35.8. The number of rotatable bonds is 17. The standard InChI is InChI=1S/C20H19F2NO4.C20H23NO3.C19H16F2O4.C17H15NO4.C17H17NO3/c1-11(2)10-25-16-6-4-3-5-12(16)13-8-19(24)23-15-9-18-17(7-14(13)15)26-20(21,22)27-18;1-13(2)12-24-19-7-5-4-6-15(19)16-11-20(22)21-18-9-8-14(23-3)10-17(16)18;1-2-23-16-6-4-3-5-13(16)15-9-12(22)7-11-8-17-18(10-14(11)15)25-19(20,21)24-17;1-20-11-4-2-10(3-5-11)12-7-17(19)18-14-8-16-15(6-13(12)14)21-9-22-16;1-20-12-5-3-11(4-6-12)14-10-17(19)18-16-8-7-13(21-2)9-15(14)16/h3-7,9,11,13H,8,10H2,1-2H3,(H,23,24);4-10,13,16H,11-12H2,1-3H3,(H,21,22);3-6,8,10,15H,2,7,9H2,1H3;2-6,8,12H,7,9H2,1H3,(H,18,19);3-9,14H,10H2,1-2H3,(H,18,19). The molecule has 22 nitrogen and oxygen atoms in total. The molecule has 618 valence electrons. The highest BCUT2D eigenvalue weighted by atomic mass is 19.3. The number of halogens is 4. The Hall–Kier alpha value is -13.1. The van der Waals surface area contributed by atoms with Crippen LogP contribution in [-0.2, 0) is 30.4 Å². The summed E-state index contributed by atoms with van der Waals surface area (Å²) in [6.45, 7) is 12.1. The van der Waals surface area contributed by atoms with Gasteiger partial charge in [0.05, 0.1) is 48.3 Å². The van der Waals surface area contributed by atoms with Gasteiger partial charge in [0.25, 0.3) is 0 Å². The summed E-state index contributed by atoms with van der Waals surface area (Å²) >= 11 is 0. The molecule has 5 atom stereocenters. The van der Waals surface area contributed by atoms with Crippen LogP contribution in [0.25, 0.3) is 0 Å². The molecule has 7 aliphatic heterocycles. The van der Waals surface area contributed by atoms with Gasteiger partial charge in [-0.25, -0.2) is 0 Å². The topological polar surface area (TPSA) is 253 Å². The fourth-order valence-corrected chi connectivity index (χ4v) is 15.5. The number of benzene rings is 10. The zero-order chi connectivity index (χ0) is 83.8. The van der Waals surface area contributed by atoms with Gasteiger partial charge in [-0.15, -0.1) is 17.6 Å². The van der Waals surface area contributed by atoms with Crippen LogP contribution in [-0.4, -0.2) is 97.1 Å². The monoisotopic (exact) mass is 1630 g/mol. The average molecular weight is 1630 g/mol. The first-order chi connectivity index (χ1) is 57.3. The Balaban J connectivity index is 0.000000122. The lowest BCUT2D eigenvalue weighted by Crippen LogP contribution is -2.25. The van der Waals surface area contributed by atoms with Crippen molar-refractivity contribution in [3.05, 3.63) is 255 Å². The van der Waals surface area contributed by atoms with Gasteiger partial charge in [-0.3, -0.25) is 24.0 Å². The molecule has 0 aromatic heterocycles. The summed E-state index contributed by atoms with van der Waals surface area (Å²) in [5.74, 6) is 6.77. The number of amides is 4. The van der Waals surface area contributed by atoms with Crippen molar-refractivity contribution >= 4 is 52.2 Å². The number of alkyl halides is 4. The predicted octanol–water partition coefficient (Wildman–Crippen LogP) is 18.9. The van der Waals surface area contributed by atoms with Crippen LogP contribution in [0.4, 0.5) is 40.3 Å². The van der Waals surface area contributed by atoms with Crippen LogP contribution in [0.2, 0.25) is 0 Å². The molecule has 10 aromatic rings. The zero-order valence-electron chi connectivity index (χ0n) is 66.9. The number of para-hydroxylation sites is 3. The summed E-state index contributed by atoms with van der Waals surface area (Å²) in [7, 11) is 6.57. The van der Waals surface area contributed by atoms with Gasteiger partial charge < -0.3 is 82.8 Å². The Morgan fingerprint density at radius 1 is 0.361 bits per heavy atom. The summed E-state index contributed by atoms with van der Waals surface area (Å²) in [6, 6.07) is 59.8. The molecular formula is C93H90F4N4O18. The minimum absolute atomic E-state index is 0.00279. The fourth-order valence-electron chi connectivity index (χ4n) is 15.5. The number of carbonyl (C=O) groups is 5. The first-order valence-corrected chi connectivity index (χ1v) is 39.1. The molecule has 4 amide bonds. The molecule has 1 aliphatic carbocycles. The highest BCUT2D eigenvalue weighted by Gasteiger charge is 2.47. The first-order valence-electron chi connectivity index (χ1n) is 39.1. The number of hydrogen-bond acceptors (Lipinski definition) is 18. The maximum absolute atomic E-state index is 13.4. The van der Waals surface area contributed by atoms with E-state index in [1.165, 1.54) is 18.2 Å². The van der Waals surface area contributed by atoms with Crippen molar-refractivity contribution in [2.24, 2.45) is 11.8 Å². The molecule has 0 saturated heterocycles. The number of nitrogens with one attached hydrogen (secondary N) is 4. The van der Waals surface area contributed by atoms with E-state index in [1.54, 1.807) is 34.5 Å². The van der Waals surface area contributed by atoms with Crippen molar-refractivity contribution in [1.29, 1.82) is 0 Å². The normalized spacial score (nSPS) is 18.4. The summed E-state index contributed by atoms with van der Waals surface area (Å²) in [5, 5.41) is 11.5. The molecule has 0 bridgehead atoms. The van der Waals surface area contributed by atoms with Crippen molar-refractivity contribution in [1.82, 2.24) is 0 Å².